The number of ether oxygens (including phenoxy) is 1. The molecular formula is C24H25N5O4. The zero-order valence-electron chi connectivity index (χ0n) is 18.5. The van der Waals surface area contributed by atoms with Gasteiger partial charge in [-0.1, -0.05) is 6.07 Å². The Labute approximate surface area is 191 Å². The molecule has 9 heteroatoms. The molecule has 170 valence electrons. The van der Waals surface area contributed by atoms with Crippen molar-refractivity contribution in [3.05, 3.63) is 70.3 Å². The van der Waals surface area contributed by atoms with Gasteiger partial charge in [0.1, 0.15) is 5.75 Å². The summed E-state index contributed by atoms with van der Waals surface area (Å²) in [6.45, 7) is 3.18. The van der Waals surface area contributed by atoms with Crippen molar-refractivity contribution in [2.45, 2.75) is 19.8 Å². The van der Waals surface area contributed by atoms with Crippen molar-refractivity contribution in [3.8, 4) is 17.0 Å². The van der Waals surface area contributed by atoms with E-state index in [-0.39, 0.29) is 17.5 Å². The van der Waals surface area contributed by atoms with Crippen LogP contribution in [0.25, 0.3) is 11.3 Å². The third kappa shape index (κ3) is 5.08. The molecule has 33 heavy (non-hydrogen) atoms. The Balaban J connectivity index is 1.35. The normalized spacial score (nSPS) is 14.1. The minimum absolute atomic E-state index is 0.0395. The first-order valence-electron chi connectivity index (χ1n) is 10.7. The van der Waals surface area contributed by atoms with Crippen LogP contribution in [-0.4, -0.2) is 41.2 Å². The Morgan fingerprint density at radius 3 is 2.42 bits per heavy atom. The van der Waals surface area contributed by atoms with E-state index in [1.165, 1.54) is 12.1 Å². The Morgan fingerprint density at radius 1 is 1.09 bits per heavy atom. The number of anilines is 2. The second kappa shape index (κ2) is 9.64. The van der Waals surface area contributed by atoms with Crippen LogP contribution in [0.1, 0.15) is 18.4 Å². The standard InChI is InChI=1S/C24H25N5O4/c1-16-3-6-19(29(31)32)15-22(16)25-24(30)18-11-13-28(14-12-18)23-10-9-21(26-27-23)17-4-7-20(33-2)8-5-17/h3-10,15,18H,11-14H2,1-2H3,(H,25,30). The molecule has 4 rings (SSSR count). The van der Waals surface area contributed by atoms with E-state index in [0.717, 1.165) is 28.4 Å². The van der Waals surface area contributed by atoms with Crippen molar-refractivity contribution in [2.75, 3.05) is 30.4 Å². The summed E-state index contributed by atoms with van der Waals surface area (Å²) in [5.41, 5.74) is 2.97. The van der Waals surface area contributed by atoms with E-state index >= 15 is 0 Å². The second-order valence-corrected chi connectivity index (χ2v) is 8.01. The highest BCUT2D eigenvalue weighted by atomic mass is 16.6. The molecule has 3 aromatic rings. The SMILES string of the molecule is COc1ccc(-c2ccc(N3CCC(C(=O)Nc4cc([N+](=O)[O-])ccc4C)CC3)nn2)cc1. The highest BCUT2D eigenvalue weighted by Gasteiger charge is 2.26. The number of aromatic nitrogens is 2. The van der Waals surface area contributed by atoms with Crippen LogP contribution in [-0.2, 0) is 4.79 Å². The molecule has 2 heterocycles. The highest BCUT2D eigenvalue weighted by Crippen LogP contribution is 2.27. The smallest absolute Gasteiger partial charge is 0.271 e. The Morgan fingerprint density at radius 2 is 1.82 bits per heavy atom. The van der Waals surface area contributed by atoms with Crippen LogP contribution in [0.3, 0.4) is 0 Å². The van der Waals surface area contributed by atoms with Gasteiger partial charge in [-0.25, -0.2) is 0 Å². The number of amides is 1. The molecule has 0 aliphatic carbocycles. The zero-order chi connectivity index (χ0) is 23.4. The van der Waals surface area contributed by atoms with E-state index in [9.17, 15) is 14.9 Å². The molecule has 9 nitrogen and oxygen atoms in total. The van der Waals surface area contributed by atoms with Crippen molar-refractivity contribution >= 4 is 23.1 Å². The first-order valence-corrected chi connectivity index (χ1v) is 10.7. The molecule has 0 bridgehead atoms. The summed E-state index contributed by atoms with van der Waals surface area (Å²) in [6.07, 6.45) is 1.34. The van der Waals surface area contributed by atoms with E-state index in [1.807, 2.05) is 43.3 Å². The summed E-state index contributed by atoms with van der Waals surface area (Å²) in [4.78, 5) is 25.4. The predicted octanol–water partition coefficient (Wildman–Crippen LogP) is 4.22. The molecule has 0 radical (unpaired) electrons. The molecule has 0 unspecified atom stereocenters. The number of piperidine rings is 1. The number of methoxy groups -OCH3 is 1. The van der Waals surface area contributed by atoms with Crippen molar-refractivity contribution < 1.29 is 14.5 Å². The molecule has 0 atom stereocenters. The van der Waals surface area contributed by atoms with Crippen molar-refractivity contribution in [1.82, 2.24) is 10.2 Å². The van der Waals surface area contributed by atoms with Gasteiger partial charge in [0.25, 0.3) is 5.69 Å². The van der Waals surface area contributed by atoms with E-state index in [4.69, 9.17) is 4.74 Å². The maximum absolute atomic E-state index is 12.8. The molecule has 1 saturated heterocycles. The van der Waals surface area contributed by atoms with Gasteiger partial charge < -0.3 is 15.0 Å². The molecule has 1 N–H and O–H groups in total. The van der Waals surface area contributed by atoms with Crippen LogP contribution in [0.5, 0.6) is 5.75 Å². The van der Waals surface area contributed by atoms with Gasteiger partial charge >= 0.3 is 0 Å². The summed E-state index contributed by atoms with van der Waals surface area (Å²) in [5, 5.41) is 22.6. The fourth-order valence-corrected chi connectivity index (χ4v) is 3.87. The van der Waals surface area contributed by atoms with Gasteiger partial charge in [-0.3, -0.25) is 14.9 Å². The lowest BCUT2D eigenvalue weighted by Crippen LogP contribution is -2.38. The summed E-state index contributed by atoms with van der Waals surface area (Å²) >= 11 is 0. The fourth-order valence-electron chi connectivity index (χ4n) is 3.87. The number of rotatable bonds is 6. The van der Waals surface area contributed by atoms with E-state index in [0.29, 0.717) is 31.6 Å². The van der Waals surface area contributed by atoms with Gasteiger partial charge in [0.15, 0.2) is 5.82 Å². The summed E-state index contributed by atoms with van der Waals surface area (Å²) < 4.78 is 5.18. The number of carbonyl (C=O) groups excluding carboxylic acids is 1. The quantitative estimate of drug-likeness (QED) is 0.445. The Kier molecular flexibility index (Phi) is 6.48. The predicted molar refractivity (Wildman–Crippen MR) is 125 cm³/mol. The summed E-state index contributed by atoms with van der Waals surface area (Å²) in [5.74, 6) is 1.29. The summed E-state index contributed by atoms with van der Waals surface area (Å²) in [6, 6.07) is 16.0. The number of nitro benzene ring substituents is 1. The zero-order valence-corrected chi connectivity index (χ0v) is 18.5. The number of hydrogen-bond acceptors (Lipinski definition) is 7. The van der Waals surface area contributed by atoms with Gasteiger partial charge in [0.05, 0.1) is 23.4 Å². The Bertz CT molecular complexity index is 1140. The minimum Gasteiger partial charge on any atom is -0.497 e. The van der Waals surface area contributed by atoms with Gasteiger partial charge in [0, 0.05) is 36.7 Å². The number of benzene rings is 2. The average molecular weight is 447 g/mol. The lowest BCUT2D eigenvalue weighted by molar-refractivity contribution is -0.384. The van der Waals surface area contributed by atoms with Crippen LogP contribution >= 0.6 is 0 Å². The number of non-ortho nitro benzene ring substituents is 1. The topological polar surface area (TPSA) is 110 Å². The van der Waals surface area contributed by atoms with Gasteiger partial charge in [0.2, 0.25) is 5.91 Å². The third-order valence-corrected chi connectivity index (χ3v) is 5.92. The largest absolute Gasteiger partial charge is 0.497 e. The maximum atomic E-state index is 12.8. The number of nitrogens with one attached hydrogen (secondary N) is 1. The third-order valence-electron chi connectivity index (χ3n) is 5.92. The lowest BCUT2D eigenvalue weighted by Gasteiger charge is -2.32. The second-order valence-electron chi connectivity index (χ2n) is 8.01. The number of aryl methyl sites for hydroxylation is 1. The molecule has 0 spiro atoms. The van der Waals surface area contributed by atoms with Crippen molar-refractivity contribution in [3.63, 3.8) is 0 Å². The monoisotopic (exact) mass is 447 g/mol. The van der Waals surface area contributed by atoms with E-state index < -0.39 is 4.92 Å². The van der Waals surface area contributed by atoms with Crippen LogP contribution in [0.15, 0.2) is 54.6 Å². The highest BCUT2D eigenvalue weighted by molar-refractivity contribution is 5.93. The number of nitrogens with zero attached hydrogens (tertiary/aromatic N) is 4. The van der Waals surface area contributed by atoms with Crippen LogP contribution < -0.4 is 15.0 Å². The number of nitro groups is 1. The van der Waals surface area contributed by atoms with Gasteiger partial charge in [-0.2, -0.15) is 0 Å². The van der Waals surface area contributed by atoms with Crippen molar-refractivity contribution in [2.24, 2.45) is 5.92 Å². The molecule has 1 aliphatic rings. The molecule has 0 saturated carbocycles. The Hall–Kier alpha value is -4.01. The van der Waals surface area contributed by atoms with Gasteiger partial charge in [-0.05, 0) is 61.7 Å². The van der Waals surface area contributed by atoms with Crippen LogP contribution in [0.4, 0.5) is 17.2 Å². The van der Waals surface area contributed by atoms with Crippen LogP contribution in [0, 0.1) is 23.0 Å². The molecule has 1 fully saturated rings. The molecule has 1 aromatic heterocycles. The van der Waals surface area contributed by atoms with Crippen LogP contribution in [0.2, 0.25) is 0 Å². The molecule has 2 aromatic carbocycles. The maximum Gasteiger partial charge on any atom is 0.271 e. The molecule has 1 aliphatic heterocycles. The average Bonchev–Trinajstić information content (AvgIpc) is 2.85. The first kappa shape index (κ1) is 22.2. The summed E-state index contributed by atoms with van der Waals surface area (Å²) in [7, 11) is 1.63. The van der Waals surface area contributed by atoms with Crippen molar-refractivity contribution in [1.29, 1.82) is 0 Å². The first-order chi connectivity index (χ1) is 15.9. The molecule has 1 amide bonds. The molecular weight excluding hydrogens is 422 g/mol. The fraction of sp³-hybridized carbons (Fsp3) is 0.292. The number of hydrogen-bond donors (Lipinski definition) is 1. The lowest BCUT2D eigenvalue weighted by atomic mass is 9.95. The number of carbonyl (C=O) groups is 1. The van der Waals surface area contributed by atoms with E-state index in [1.54, 1.807) is 13.2 Å². The van der Waals surface area contributed by atoms with Gasteiger partial charge in [-0.15, -0.1) is 10.2 Å². The van der Waals surface area contributed by atoms with E-state index in [2.05, 4.69) is 20.4 Å². The minimum atomic E-state index is -0.464.